The maximum atomic E-state index is 13.4. The first-order chi connectivity index (χ1) is 14.9. The smallest absolute Gasteiger partial charge is 0.262 e. The summed E-state index contributed by atoms with van der Waals surface area (Å²) >= 11 is 0. The number of sulfonamides is 1. The van der Waals surface area contributed by atoms with Crippen molar-refractivity contribution in [2.24, 2.45) is 0 Å². The number of para-hydroxylation sites is 1. The molecule has 0 aliphatic carbocycles. The minimum absolute atomic E-state index is 0.0721. The predicted molar refractivity (Wildman–Crippen MR) is 115 cm³/mol. The van der Waals surface area contributed by atoms with Gasteiger partial charge < -0.3 is 4.74 Å². The van der Waals surface area contributed by atoms with Crippen molar-refractivity contribution in [2.75, 3.05) is 18.4 Å². The molecule has 1 aliphatic heterocycles. The Balaban J connectivity index is 1.81. The SMILES string of the molecule is CCN1C(=O)CC(c2ccc(OC)cc2S(=O)(=O)Nc2cccc3cccnc23)C1=O. The van der Waals surface area contributed by atoms with E-state index in [1.165, 1.54) is 19.2 Å². The average Bonchev–Trinajstić information content (AvgIpc) is 3.06. The average molecular weight is 439 g/mol. The normalized spacial score (nSPS) is 16.7. The van der Waals surface area contributed by atoms with Crippen LogP contribution in [-0.2, 0) is 19.6 Å². The summed E-state index contributed by atoms with van der Waals surface area (Å²) in [6.45, 7) is 1.95. The van der Waals surface area contributed by atoms with Crippen LogP contribution >= 0.6 is 0 Å². The maximum absolute atomic E-state index is 13.4. The molecule has 0 bridgehead atoms. The molecule has 0 saturated carbocycles. The van der Waals surface area contributed by atoms with Gasteiger partial charge in [0.2, 0.25) is 11.8 Å². The number of nitrogens with zero attached hydrogens (tertiary/aromatic N) is 2. The lowest BCUT2D eigenvalue weighted by Crippen LogP contribution is -2.30. The van der Waals surface area contributed by atoms with Crippen LogP contribution in [0.4, 0.5) is 5.69 Å². The molecule has 0 spiro atoms. The summed E-state index contributed by atoms with van der Waals surface area (Å²) < 4.78 is 34.7. The molecule has 1 aliphatic rings. The van der Waals surface area contributed by atoms with Crippen LogP contribution in [0.15, 0.2) is 59.6 Å². The van der Waals surface area contributed by atoms with Crippen LogP contribution in [0.2, 0.25) is 0 Å². The van der Waals surface area contributed by atoms with Crippen LogP contribution in [0.1, 0.15) is 24.8 Å². The van der Waals surface area contributed by atoms with Gasteiger partial charge in [0.05, 0.1) is 29.1 Å². The highest BCUT2D eigenvalue weighted by atomic mass is 32.2. The van der Waals surface area contributed by atoms with E-state index in [2.05, 4.69) is 9.71 Å². The van der Waals surface area contributed by atoms with Crippen molar-refractivity contribution in [1.82, 2.24) is 9.88 Å². The van der Waals surface area contributed by atoms with E-state index in [4.69, 9.17) is 4.74 Å². The summed E-state index contributed by atoms with van der Waals surface area (Å²) in [4.78, 5) is 30.3. The highest BCUT2D eigenvalue weighted by Crippen LogP contribution is 2.36. The van der Waals surface area contributed by atoms with Gasteiger partial charge in [-0.1, -0.05) is 24.3 Å². The van der Waals surface area contributed by atoms with Gasteiger partial charge in [0.25, 0.3) is 10.0 Å². The highest BCUT2D eigenvalue weighted by Gasteiger charge is 2.41. The van der Waals surface area contributed by atoms with Crippen molar-refractivity contribution >= 4 is 38.4 Å². The fourth-order valence-corrected chi connectivity index (χ4v) is 5.16. The lowest BCUT2D eigenvalue weighted by atomic mass is 9.97. The number of methoxy groups -OCH3 is 1. The number of ether oxygens (including phenoxy) is 1. The second kappa shape index (κ2) is 7.99. The summed E-state index contributed by atoms with van der Waals surface area (Å²) in [5, 5.41) is 0.781. The number of imide groups is 1. The number of hydrogen-bond acceptors (Lipinski definition) is 6. The molecular formula is C22H21N3O5S. The number of hydrogen-bond donors (Lipinski definition) is 1. The minimum atomic E-state index is -4.12. The number of carbonyl (C=O) groups excluding carboxylic acids is 2. The zero-order valence-corrected chi connectivity index (χ0v) is 17.8. The lowest BCUT2D eigenvalue weighted by molar-refractivity contribution is -0.138. The third-order valence-corrected chi connectivity index (χ3v) is 6.74. The van der Waals surface area contributed by atoms with Gasteiger partial charge in [-0.2, -0.15) is 0 Å². The number of rotatable bonds is 6. The van der Waals surface area contributed by atoms with E-state index in [9.17, 15) is 18.0 Å². The van der Waals surface area contributed by atoms with Crippen molar-refractivity contribution < 1.29 is 22.7 Å². The third kappa shape index (κ3) is 3.72. The van der Waals surface area contributed by atoms with Crippen molar-refractivity contribution in [3.63, 3.8) is 0 Å². The first kappa shape index (κ1) is 20.8. The van der Waals surface area contributed by atoms with Crippen LogP contribution < -0.4 is 9.46 Å². The van der Waals surface area contributed by atoms with Crippen LogP contribution in [-0.4, -0.2) is 43.8 Å². The van der Waals surface area contributed by atoms with Gasteiger partial charge in [0.1, 0.15) is 5.75 Å². The fourth-order valence-electron chi connectivity index (χ4n) is 3.81. The van der Waals surface area contributed by atoms with Gasteiger partial charge in [-0.3, -0.25) is 24.2 Å². The van der Waals surface area contributed by atoms with Gasteiger partial charge in [-0.05, 0) is 30.7 Å². The number of nitrogens with one attached hydrogen (secondary N) is 1. The maximum Gasteiger partial charge on any atom is 0.262 e. The molecule has 4 rings (SSSR count). The van der Waals surface area contributed by atoms with Gasteiger partial charge in [-0.15, -0.1) is 0 Å². The van der Waals surface area contributed by atoms with Crippen molar-refractivity contribution in [1.29, 1.82) is 0 Å². The minimum Gasteiger partial charge on any atom is -0.497 e. The summed E-state index contributed by atoms with van der Waals surface area (Å²) in [5.74, 6) is -1.26. The van der Waals surface area contributed by atoms with Crippen molar-refractivity contribution in [2.45, 2.75) is 24.2 Å². The number of likely N-dealkylation sites (N-methyl/N-ethyl adjacent to an activating group) is 1. The predicted octanol–water partition coefficient (Wildman–Crippen LogP) is 2.91. The zero-order chi connectivity index (χ0) is 22.2. The number of likely N-dealkylation sites (tertiary alicyclic amines) is 1. The Morgan fingerprint density at radius 2 is 1.94 bits per heavy atom. The molecule has 1 saturated heterocycles. The third-order valence-electron chi connectivity index (χ3n) is 5.32. The van der Waals surface area contributed by atoms with Crippen molar-refractivity contribution in [3.8, 4) is 5.75 Å². The van der Waals surface area contributed by atoms with E-state index >= 15 is 0 Å². The lowest BCUT2D eigenvalue weighted by Gasteiger charge is -2.18. The van der Waals surface area contributed by atoms with E-state index in [-0.39, 0.29) is 29.3 Å². The largest absolute Gasteiger partial charge is 0.497 e. The second-order valence-corrected chi connectivity index (χ2v) is 8.77. The molecule has 8 nitrogen and oxygen atoms in total. The molecule has 1 fully saturated rings. The van der Waals surface area contributed by atoms with E-state index in [0.717, 1.165) is 10.3 Å². The zero-order valence-electron chi connectivity index (χ0n) is 17.0. The number of benzene rings is 2. The van der Waals surface area contributed by atoms with E-state index in [1.54, 1.807) is 37.4 Å². The standard InChI is InChI=1S/C22H21N3O5S/c1-3-25-20(26)13-17(22(25)27)16-10-9-15(30-2)12-19(16)31(28,29)24-18-8-4-6-14-7-5-11-23-21(14)18/h4-12,17,24H,3,13H2,1-2H3. The number of fused-ring (bicyclic) bond motifs is 1. The molecule has 1 atom stereocenters. The summed E-state index contributed by atoms with van der Waals surface area (Å²) in [5.41, 5.74) is 1.08. The van der Waals surface area contributed by atoms with E-state index < -0.39 is 21.8 Å². The quantitative estimate of drug-likeness (QED) is 0.592. The summed E-state index contributed by atoms with van der Waals surface area (Å²) in [6.07, 6.45) is 1.51. The summed E-state index contributed by atoms with van der Waals surface area (Å²) in [6, 6.07) is 13.3. The van der Waals surface area contributed by atoms with Gasteiger partial charge >= 0.3 is 0 Å². The van der Waals surface area contributed by atoms with Crippen LogP contribution in [0.25, 0.3) is 10.9 Å². The number of amides is 2. The molecular weight excluding hydrogens is 418 g/mol. The first-order valence-corrected chi connectivity index (χ1v) is 11.2. The van der Waals surface area contributed by atoms with Gasteiger partial charge in [0, 0.05) is 30.6 Å². The molecule has 2 aromatic carbocycles. The van der Waals surface area contributed by atoms with Crippen LogP contribution in [0, 0.1) is 0 Å². The Labute approximate surface area is 179 Å². The second-order valence-electron chi connectivity index (χ2n) is 7.12. The Hall–Kier alpha value is -3.46. The molecule has 31 heavy (non-hydrogen) atoms. The first-order valence-electron chi connectivity index (χ1n) is 9.74. The Bertz CT molecular complexity index is 1280. The molecule has 0 radical (unpaired) electrons. The Morgan fingerprint density at radius 1 is 1.16 bits per heavy atom. The number of anilines is 1. The monoisotopic (exact) mass is 439 g/mol. The van der Waals surface area contributed by atoms with Crippen LogP contribution in [0.5, 0.6) is 5.75 Å². The Kier molecular flexibility index (Phi) is 5.36. The molecule has 9 heteroatoms. The molecule has 1 unspecified atom stereocenters. The number of pyridine rings is 1. The Morgan fingerprint density at radius 3 is 2.65 bits per heavy atom. The van der Waals surface area contributed by atoms with Gasteiger partial charge in [-0.25, -0.2) is 8.42 Å². The highest BCUT2D eigenvalue weighted by molar-refractivity contribution is 7.92. The molecule has 2 amide bonds. The van der Waals surface area contributed by atoms with E-state index in [1.807, 2.05) is 12.1 Å². The fraction of sp³-hybridized carbons (Fsp3) is 0.227. The van der Waals surface area contributed by atoms with Crippen molar-refractivity contribution in [3.05, 3.63) is 60.3 Å². The number of carbonyl (C=O) groups is 2. The van der Waals surface area contributed by atoms with E-state index in [0.29, 0.717) is 17.0 Å². The van der Waals surface area contributed by atoms with Crippen LogP contribution in [0.3, 0.4) is 0 Å². The summed E-state index contributed by atoms with van der Waals surface area (Å²) in [7, 11) is -2.70. The molecule has 2 heterocycles. The topological polar surface area (TPSA) is 106 Å². The number of aromatic nitrogens is 1. The molecule has 3 aromatic rings. The molecule has 160 valence electrons. The molecule has 1 N–H and O–H groups in total. The molecule has 1 aromatic heterocycles. The van der Waals surface area contributed by atoms with Gasteiger partial charge in [0.15, 0.2) is 0 Å².